The maximum absolute atomic E-state index is 10.2. The molecule has 0 aliphatic heterocycles. The summed E-state index contributed by atoms with van der Waals surface area (Å²) in [7, 11) is 0. The summed E-state index contributed by atoms with van der Waals surface area (Å²) in [6.07, 6.45) is 0. The van der Waals surface area contributed by atoms with Crippen LogP contribution in [0.15, 0.2) is 66.7 Å². The van der Waals surface area contributed by atoms with E-state index in [1.165, 1.54) is 0 Å². The maximum Gasteiger partial charge on any atom is 0.131 e. The van der Waals surface area contributed by atoms with Gasteiger partial charge in [-0.25, -0.2) is 0 Å². The first-order valence-corrected chi connectivity index (χ1v) is 11.1. The number of hydrogen-bond donors (Lipinski definition) is 3. The zero-order valence-corrected chi connectivity index (χ0v) is 20.0. The standard InChI is InChI=1S/C29H29NO4/c1-17-9-10-24(16-29(17)33)34-23-8-6-7-22(15-23)30(25-11-20(4)27(31)13-18(25)2)26-12-21(5)28(32)14-19(26)3/h6-16,31-33H,1-5H3. The minimum Gasteiger partial charge on any atom is -0.508 e. The highest BCUT2D eigenvalue weighted by atomic mass is 16.5. The predicted molar refractivity (Wildman–Crippen MR) is 136 cm³/mol. The number of hydrogen-bond acceptors (Lipinski definition) is 5. The molecule has 5 nitrogen and oxygen atoms in total. The van der Waals surface area contributed by atoms with E-state index in [-0.39, 0.29) is 17.2 Å². The molecule has 174 valence electrons. The number of phenolic OH excluding ortho intramolecular Hbond substituents is 3. The van der Waals surface area contributed by atoms with Gasteiger partial charge in [-0.2, -0.15) is 0 Å². The van der Waals surface area contributed by atoms with Gasteiger partial charge < -0.3 is 25.0 Å². The second-order valence-corrected chi connectivity index (χ2v) is 8.73. The molecule has 0 aliphatic rings. The molecule has 0 radical (unpaired) electrons. The maximum atomic E-state index is 10.2. The third-order valence-corrected chi connectivity index (χ3v) is 6.00. The minimum atomic E-state index is 0.181. The molecule has 0 aliphatic carbocycles. The molecule has 0 aromatic heterocycles. The summed E-state index contributed by atoms with van der Waals surface area (Å²) in [5.74, 6) is 1.83. The molecule has 0 bridgehead atoms. The summed E-state index contributed by atoms with van der Waals surface area (Å²) < 4.78 is 6.06. The van der Waals surface area contributed by atoms with Gasteiger partial charge in [-0.3, -0.25) is 0 Å². The first kappa shape index (κ1) is 23.1. The SMILES string of the molecule is Cc1ccc(Oc2cccc(N(c3cc(C)c(O)cc3C)c3cc(C)c(O)cc3C)c2)cc1O. The molecule has 0 heterocycles. The number of rotatable bonds is 5. The molecule has 4 aromatic rings. The Bertz CT molecular complexity index is 1320. The van der Waals surface area contributed by atoms with Gasteiger partial charge in [0.1, 0.15) is 28.7 Å². The predicted octanol–water partition coefficient (Wildman–Crippen LogP) is 7.61. The lowest BCUT2D eigenvalue weighted by atomic mass is 10.0. The van der Waals surface area contributed by atoms with Crippen molar-refractivity contribution in [2.24, 2.45) is 0 Å². The van der Waals surface area contributed by atoms with Gasteiger partial charge in [-0.05, 0) is 105 Å². The van der Waals surface area contributed by atoms with E-state index in [4.69, 9.17) is 4.74 Å². The Morgan fingerprint density at radius 3 is 1.62 bits per heavy atom. The Morgan fingerprint density at radius 2 is 1.06 bits per heavy atom. The molecule has 0 unspecified atom stereocenters. The first-order valence-electron chi connectivity index (χ1n) is 11.1. The molecule has 0 atom stereocenters. The molecular formula is C29H29NO4. The van der Waals surface area contributed by atoms with Crippen LogP contribution in [0.5, 0.6) is 28.7 Å². The zero-order valence-electron chi connectivity index (χ0n) is 20.0. The summed E-state index contributed by atoms with van der Waals surface area (Å²) >= 11 is 0. The summed E-state index contributed by atoms with van der Waals surface area (Å²) in [5.41, 5.74) is 6.80. The van der Waals surface area contributed by atoms with Crippen molar-refractivity contribution in [2.45, 2.75) is 34.6 Å². The zero-order chi connectivity index (χ0) is 24.6. The topological polar surface area (TPSA) is 73.2 Å². The third kappa shape index (κ3) is 4.50. The van der Waals surface area contributed by atoms with Crippen LogP contribution in [0.2, 0.25) is 0 Å². The van der Waals surface area contributed by atoms with E-state index in [0.29, 0.717) is 11.5 Å². The highest BCUT2D eigenvalue weighted by Gasteiger charge is 2.20. The Hall–Kier alpha value is -4.12. The van der Waals surface area contributed by atoms with E-state index < -0.39 is 0 Å². The lowest BCUT2D eigenvalue weighted by molar-refractivity contribution is 0.452. The molecule has 0 fully saturated rings. The largest absolute Gasteiger partial charge is 0.508 e. The van der Waals surface area contributed by atoms with Crippen LogP contribution in [0.3, 0.4) is 0 Å². The van der Waals surface area contributed by atoms with Gasteiger partial charge in [0, 0.05) is 29.2 Å². The van der Waals surface area contributed by atoms with Crippen molar-refractivity contribution in [3.63, 3.8) is 0 Å². The van der Waals surface area contributed by atoms with Gasteiger partial charge in [0.15, 0.2) is 0 Å². The highest BCUT2D eigenvalue weighted by molar-refractivity contribution is 5.82. The van der Waals surface area contributed by atoms with E-state index in [1.54, 1.807) is 18.2 Å². The van der Waals surface area contributed by atoms with Gasteiger partial charge in [0.05, 0.1) is 0 Å². The van der Waals surface area contributed by atoms with Crippen molar-refractivity contribution < 1.29 is 20.1 Å². The van der Waals surface area contributed by atoms with Gasteiger partial charge in [0.2, 0.25) is 0 Å². The molecule has 0 spiro atoms. The van der Waals surface area contributed by atoms with E-state index in [1.807, 2.05) is 83.1 Å². The number of phenols is 3. The Morgan fingerprint density at radius 1 is 0.529 bits per heavy atom. The molecule has 0 saturated heterocycles. The summed E-state index contributed by atoms with van der Waals surface area (Å²) in [6.45, 7) is 9.49. The van der Waals surface area contributed by atoms with E-state index in [9.17, 15) is 15.3 Å². The Labute approximate surface area is 200 Å². The minimum absolute atomic E-state index is 0.181. The smallest absolute Gasteiger partial charge is 0.131 e. The van der Waals surface area contributed by atoms with Crippen LogP contribution in [0, 0.1) is 34.6 Å². The van der Waals surface area contributed by atoms with Crippen LogP contribution in [0.4, 0.5) is 17.1 Å². The molecule has 5 heteroatoms. The number of benzene rings is 4. The lowest BCUT2D eigenvalue weighted by Crippen LogP contribution is -2.13. The number of aryl methyl sites for hydroxylation is 5. The highest BCUT2D eigenvalue weighted by Crippen LogP contribution is 2.43. The van der Waals surface area contributed by atoms with Crippen LogP contribution in [-0.4, -0.2) is 15.3 Å². The third-order valence-electron chi connectivity index (χ3n) is 6.00. The van der Waals surface area contributed by atoms with Crippen molar-refractivity contribution in [1.29, 1.82) is 0 Å². The molecule has 3 N–H and O–H groups in total. The van der Waals surface area contributed by atoms with Crippen molar-refractivity contribution in [2.75, 3.05) is 4.90 Å². The van der Waals surface area contributed by atoms with Crippen LogP contribution < -0.4 is 9.64 Å². The summed E-state index contributed by atoms with van der Waals surface area (Å²) in [4.78, 5) is 2.10. The van der Waals surface area contributed by atoms with E-state index in [0.717, 1.165) is 44.9 Å². The molecule has 0 amide bonds. The van der Waals surface area contributed by atoms with Crippen molar-refractivity contribution in [3.05, 3.63) is 94.5 Å². The van der Waals surface area contributed by atoms with Gasteiger partial charge >= 0.3 is 0 Å². The average molecular weight is 456 g/mol. The van der Waals surface area contributed by atoms with Gasteiger partial charge in [-0.1, -0.05) is 12.1 Å². The number of anilines is 3. The van der Waals surface area contributed by atoms with Gasteiger partial charge in [0.25, 0.3) is 0 Å². The van der Waals surface area contributed by atoms with E-state index in [2.05, 4.69) is 4.90 Å². The normalized spacial score (nSPS) is 10.9. The molecule has 0 saturated carbocycles. The molecule has 34 heavy (non-hydrogen) atoms. The monoisotopic (exact) mass is 455 g/mol. The first-order chi connectivity index (χ1) is 16.1. The van der Waals surface area contributed by atoms with Crippen LogP contribution in [0.1, 0.15) is 27.8 Å². The Balaban J connectivity index is 1.86. The second kappa shape index (κ2) is 9.02. The Kier molecular flexibility index (Phi) is 6.12. The van der Waals surface area contributed by atoms with Gasteiger partial charge in [-0.15, -0.1) is 0 Å². The van der Waals surface area contributed by atoms with Crippen molar-refractivity contribution in [3.8, 4) is 28.7 Å². The lowest BCUT2D eigenvalue weighted by Gasteiger charge is -2.29. The summed E-state index contributed by atoms with van der Waals surface area (Å²) in [5, 5.41) is 30.5. The van der Waals surface area contributed by atoms with Crippen molar-refractivity contribution in [1.82, 2.24) is 0 Å². The molecular weight excluding hydrogens is 426 g/mol. The summed E-state index contributed by atoms with van der Waals surface area (Å²) in [6, 6.07) is 20.4. The fourth-order valence-electron chi connectivity index (χ4n) is 3.94. The number of nitrogens with zero attached hydrogens (tertiary/aromatic N) is 1. The fourth-order valence-corrected chi connectivity index (χ4v) is 3.94. The van der Waals surface area contributed by atoms with Crippen LogP contribution in [0.25, 0.3) is 0 Å². The number of aromatic hydroxyl groups is 3. The van der Waals surface area contributed by atoms with Crippen LogP contribution >= 0.6 is 0 Å². The second-order valence-electron chi connectivity index (χ2n) is 8.73. The molecule has 4 aromatic carbocycles. The molecule has 4 rings (SSSR count). The fraction of sp³-hybridized carbons (Fsp3) is 0.172. The quantitative estimate of drug-likeness (QED) is 0.289. The van der Waals surface area contributed by atoms with E-state index >= 15 is 0 Å². The number of ether oxygens (including phenoxy) is 1. The van der Waals surface area contributed by atoms with Crippen molar-refractivity contribution >= 4 is 17.1 Å². The average Bonchev–Trinajstić information content (AvgIpc) is 2.78. The van der Waals surface area contributed by atoms with Crippen LogP contribution in [-0.2, 0) is 0 Å².